The molecule has 0 spiro atoms. The quantitative estimate of drug-likeness (QED) is 0.0218. The van der Waals surface area contributed by atoms with Crippen LogP contribution in [0, 0.1) is 23.7 Å². The highest BCUT2D eigenvalue weighted by Crippen LogP contribution is 2.30. The van der Waals surface area contributed by atoms with E-state index in [1.807, 2.05) is 100 Å². The van der Waals surface area contributed by atoms with Crippen molar-refractivity contribution < 1.29 is 52.3 Å². The normalized spacial score (nSPS) is 18.4. The summed E-state index contributed by atoms with van der Waals surface area (Å²) in [6.07, 6.45) is 3.21. The molecule has 14 heteroatoms. The topological polar surface area (TPSA) is 179 Å². The van der Waals surface area contributed by atoms with Gasteiger partial charge in [-0.1, -0.05) is 93.5 Å². The van der Waals surface area contributed by atoms with E-state index >= 15 is 0 Å². The lowest BCUT2D eigenvalue weighted by Crippen LogP contribution is -2.57. The SMILES string of the molecule is CO/N=C/c1cc(C[N+]2(CC(=O)C[C@@H](CCc3ccccc3)C(=O)N[C@@H](CC(C)C)C(=O)C[C@@H](Cc3ccccc3)C(=O)N[C@@H](CC(C)C)C(=O)[C@@]3(C)CO3)CCOCC2)ccc1OC(C)=O. The Morgan fingerprint density at radius 3 is 1.99 bits per heavy atom. The Bertz CT molecular complexity index is 2170. The number of nitrogens with zero attached hydrogens (tertiary/aromatic N) is 2. The Labute approximate surface area is 396 Å². The van der Waals surface area contributed by atoms with Crippen LogP contribution in [0.25, 0.3) is 0 Å². The van der Waals surface area contributed by atoms with Gasteiger partial charge in [0, 0.05) is 42.7 Å². The van der Waals surface area contributed by atoms with Gasteiger partial charge in [-0.15, -0.1) is 0 Å². The summed E-state index contributed by atoms with van der Waals surface area (Å²) in [6.45, 7) is 14.0. The predicted octanol–water partition coefficient (Wildman–Crippen LogP) is 6.39. The van der Waals surface area contributed by atoms with Crippen molar-refractivity contribution in [1.29, 1.82) is 0 Å². The monoisotopic (exact) mass is 924 g/mol. The molecule has 5 rings (SSSR count). The number of benzene rings is 3. The molecule has 2 aliphatic heterocycles. The molecule has 2 amide bonds. The fraction of sp³-hybridized carbons (Fsp3) is 0.528. The van der Waals surface area contributed by atoms with Crippen molar-refractivity contribution in [3.05, 3.63) is 101 Å². The summed E-state index contributed by atoms with van der Waals surface area (Å²) < 4.78 is 17.0. The van der Waals surface area contributed by atoms with Crippen molar-refractivity contribution in [2.45, 2.75) is 111 Å². The lowest BCUT2D eigenvalue weighted by atomic mass is 9.87. The van der Waals surface area contributed by atoms with Crippen molar-refractivity contribution in [2.75, 3.05) is 46.6 Å². The summed E-state index contributed by atoms with van der Waals surface area (Å²) in [5, 5.41) is 9.96. The number of ether oxygens (including phenoxy) is 3. The minimum atomic E-state index is -0.934. The number of rotatable bonds is 27. The summed E-state index contributed by atoms with van der Waals surface area (Å²) in [4.78, 5) is 88.0. The van der Waals surface area contributed by atoms with Crippen molar-refractivity contribution in [3.8, 4) is 5.75 Å². The number of epoxide rings is 1. The molecule has 0 aromatic heterocycles. The molecule has 0 aliphatic carbocycles. The van der Waals surface area contributed by atoms with Gasteiger partial charge < -0.3 is 34.2 Å². The largest absolute Gasteiger partial charge is 0.426 e. The highest BCUT2D eigenvalue weighted by Gasteiger charge is 2.50. The number of Topliss-reactive ketones (excluding diaryl/α,β-unsaturated/α-hetero) is 3. The molecule has 0 bridgehead atoms. The second-order valence-electron chi connectivity index (χ2n) is 19.4. The number of ketones is 3. The van der Waals surface area contributed by atoms with Crippen LogP contribution in [0.15, 0.2) is 84.0 Å². The zero-order valence-corrected chi connectivity index (χ0v) is 40.4. The van der Waals surface area contributed by atoms with E-state index in [1.165, 1.54) is 20.2 Å². The maximum Gasteiger partial charge on any atom is 0.308 e. The Morgan fingerprint density at radius 1 is 0.791 bits per heavy atom. The number of quaternary nitrogens is 1. The highest BCUT2D eigenvalue weighted by molar-refractivity contribution is 5.98. The fourth-order valence-electron chi connectivity index (χ4n) is 8.85. The summed E-state index contributed by atoms with van der Waals surface area (Å²) in [5.41, 5.74) is 2.39. The summed E-state index contributed by atoms with van der Waals surface area (Å²) >= 11 is 0. The minimum Gasteiger partial charge on any atom is -0.426 e. The van der Waals surface area contributed by atoms with E-state index in [9.17, 15) is 28.8 Å². The number of carbonyl (C=O) groups excluding carboxylic acids is 6. The third-order valence-electron chi connectivity index (χ3n) is 12.5. The van der Waals surface area contributed by atoms with Crippen LogP contribution in [-0.2, 0) is 62.5 Å². The van der Waals surface area contributed by atoms with Gasteiger partial charge in [0.1, 0.15) is 44.6 Å². The Hall–Kier alpha value is -5.57. The zero-order valence-electron chi connectivity index (χ0n) is 40.4. The standard InChI is InChI=1S/C53H70N4O10/c1-36(2)26-46(48(60)31-43(28-40-16-12-9-13-17-40)52(63)56-47(27-37(3)4)50(61)53(6)35-66-53)55-51(62)42(20-18-39-14-10-8-11-15-39)30-45(59)34-57(22-24-65-25-23-57)33-41-19-21-49(67-38(5)58)44(29-41)32-54-64-7/h8-17,19,21,29,32,36-37,42-43,46-47H,18,20,22-28,30-31,33-35H2,1-7H3,(H-,55,56,62,63)/p+1/b54-32+/t42-,43-,46+,47+,53-/m1/s1. The lowest BCUT2D eigenvalue weighted by molar-refractivity contribution is -0.940. The molecular weight excluding hydrogens is 853 g/mol. The molecular formula is C53H71N4O10+. The minimum absolute atomic E-state index is 0.0161. The van der Waals surface area contributed by atoms with Crippen molar-refractivity contribution in [3.63, 3.8) is 0 Å². The molecule has 3 aromatic carbocycles. The van der Waals surface area contributed by atoms with E-state index in [4.69, 9.17) is 19.0 Å². The number of oxime groups is 1. The van der Waals surface area contributed by atoms with E-state index in [0.29, 0.717) is 80.9 Å². The van der Waals surface area contributed by atoms with E-state index in [-0.39, 0.29) is 60.9 Å². The van der Waals surface area contributed by atoms with E-state index in [2.05, 4.69) is 15.8 Å². The van der Waals surface area contributed by atoms with E-state index in [1.54, 1.807) is 13.0 Å². The Balaban J connectivity index is 1.37. The van der Waals surface area contributed by atoms with Crippen LogP contribution in [0.2, 0.25) is 0 Å². The first-order chi connectivity index (χ1) is 32.0. The molecule has 14 nitrogen and oxygen atoms in total. The summed E-state index contributed by atoms with van der Waals surface area (Å²) in [5.74, 6) is -2.91. The molecule has 2 aliphatic rings. The first-order valence-electron chi connectivity index (χ1n) is 23.7. The maximum absolute atomic E-state index is 14.6. The molecule has 2 heterocycles. The maximum atomic E-state index is 14.6. The molecule has 2 N–H and O–H groups in total. The third kappa shape index (κ3) is 16.6. The van der Waals surface area contributed by atoms with Gasteiger partial charge in [0.2, 0.25) is 11.8 Å². The van der Waals surface area contributed by atoms with Gasteiger partial charge in [0.15, 0.2) is 17.3 Å². The third-order valence-corrected chi connectivity index (χ3v) is 12.5. The molecule has 2 fully saturated rings. The van der Waals surface area contributed by atoms with Gasteiger partial charge in [-0.05, 0) is 80.2 Å². The molecule has 0 radical (unpaired) electrons. The molecule has 3 aromatic rings. The zero-order chi connectivity index (χ0) is 48.6. The number of aryl methyl sites for hydroxylation is 1. The van der Waals surface area contributed by atoms with Crippen LogP contribution in [-0.4, -0.2) is 110 Å². The molecule has 2 saturated heterocycles. The van der Waals surface area contributed by atoms with Gasteiger partial charge in [-0.25, -0.2) is 0 Å². The molecule has 0 unspecified atom stereocenters. The van der Waals surface area contributed by atoms with Crippen LogP contribution in [0.4, 0.5) is 0 Å². The van der Waals surface area contributed by atoms with Gasteiger partial charge >= 0.3 is 5.97 Å². The first kappa shape index (κ1) is 52.4. The number of morpholine rings is 1. The molecule has 5 atom stereocenters. The van der Waals surface area contributed by atoms with Gasteiger partial charge in [-0.3, -0.25) is 28.8 Å². The van der Waals surface area contributed by atoms with Crippen LogP contribution >= 0.6 is 0 Å². The number of nitrogens with one attached hydrogen (secondary N) is 2. The van der Waals surface area contributed by atoms with Crippen LogP contribution < -0.4 is 15.4 Å². The molecule has 67 heavy (non-hydrogen) atoms. The van der Waals surface area contributed by atoms with Crippen molar-refractivity contribution >= 4 is 41.3 Å². The average molecular weight is 924 g/mol. The predicted molar refractivity (Wildman–Crippen MR) is 255 cm³/mol. The number of esters is 1. The second-order valence-corrected chi connectivity index (χ2v) is 19.4. The Morgan fingerprint density at radius 2 is 1.39 bits per heavy atom. The lowest BCUT2D eigenvalue weighted by Gasteiger charge is -2.41. The van der Waals surface area contributed by atoms with Crippen molar-refractivity contribution in [1.82, 2.24) is 10.6 Å². The smallest absolute Gasteiger partial charge is 0.308 e. The summed E-state index contributed by atoms with van der Waals surface area (Å²) in [6, 6.07) is 23.0. The summed E-state index contributed by atoms with van der Waals surface area (Å²) in [7, 11) is 1.42. The molecule has 362 valence electrons. The number of hydrogen-bond acceptors (Lipinski definition) is 11. The average Bonchev–Trinajstić information content (AvgIpc) is 4.05. The number of amides is 2. The molecule has 0 saturated carbocycles. The van der Waals surface area contributed by atoms with Crippen LogP contribution in [0.1, 0.15) is 95.9 Å². The van der Waals surface area contributed by atoms with Gasteiger partial charge in [-0.2, -0.15) is 0 Å². The second kappa shape index (κ2) is 25.0. The van der Waals surface area contributed by atoms with Gasteiger partial charge in [0.25, 0.3) is 0 Å². The Kier molecular flexibility index (Phi) is 19.5. The van der Waals surface area contributed by atoms with Gasteiger partial charge in [0.05, 0.1) is 38.1 Å². The van der Waals surface area contributed by atoms with E-state index in [0.717, 1.165) is 16.7 Å². The fourth-order valence-corrected chi connectivity index (χ4v) is 8.85. The van der Waals surface area contributed by atoms with Crippen LogP contribution in [0.3, 0.4) is 0 Å². The van der Waals surface area contributed by atoms with E-state index < -0.39 is 41.4 Å². The first-order valence-corrected chi connectivity index (χ1v) is 23.7. The number of carbonyl (C=O) groups is 6. The van der Waals surface area contributed by atoms with Crippen LogP contribution in [0.5, 0.6) is 5.75 Å². The van der Waals surface area contributed by atoms with Crippen molar-refractivity contribution in [2.24, 2.45) is 28.8 Å². The number of hydrogen-bond donors (Lipinski definition) is 2. The highest BCUT2D eigenvalue weighted by atomic mass is 16.6.